The Kier molecular flexibility index (Phi) is 38.9. The molecule has 0 saturated carbocycles. The molecule has 14 nitrogen and oxygen atoms in total. The van der Waals surface area contributed by atoms with Gasteiger partial charge in [0, 0.05) is 6.42 Å². The van der Waals surface area contributed by atoms with Gasteiger partial charge >= 0.3 is 0 Å². The zero-order chi connectivity index (χ0) is 51.7. The average molecular weight is 1010 g/mol. The van der Waals surface area contributed by atoms with Gasteiger partial charge in [-0.3, -0.25) is 4.79 Å². The summed E-state index contributed by atoms with van der Waals surface area (Å²) in [6.45, 7) is 2.62. The first-order valence-electron chi connectivity index (χ1n) is 27.7. The Labute approximate surface area is 428 Å². The predicted molar refractivity (Wildman–Crippen MR) is 281 cm³/mol. The summed E-state index contributed by atoms with van der Waals surface area (Å²) in [6, 6.07) is -0.956. The summed E-state index contributed by atoms with van der Waals surface area (Å²) >= 11 is 0. The van der Waals surface area contributed by atoms with Gasteiger partial charge in [-0.15, -0.1) is 0 Å². The molecule has 0 aromatic heterocycles. The van der Waals surface area contributed by atoms with E-state index < -0.39 is 86.8 Å². The van der Waals surface area contributed by atoms with Gasteiger partial charge in [-0.25, -0.2) is 0 Å². The molecule has 14 heteroatoms. The Morgan fingerprint density at radius 1 is 0.521 bits per heavy atom. The smallest absolute Gasteiger partial charge is 0.220 e. The van der Waals surface area contributed by atoms with E-state index >= 15 is 0 Å². The van der Waals surface area contributed by atoms with Gasteiger partial charge in [0.2, 0.25) is 5.91 Å². The summed E-state index contributed by atoms with van der Waals surface area (Å²) in [6.07, 6.45) is 38.1. The van der Waals surface area contributed by atoms with Crippen molar-refractivity contribution < 1.29 is 64.6 Å². The van der Waals surface area contributed by atoms with Crippen LogP contribution in [0.15, 0.2) is 72.9 Å². The summed E-state index contributed by atoms with van der Waals surface area (Å²) in [7, 11) is 0. The van der Waals surface area contributed by atoms with E-state index in [1.165, 1.54) is 103 Å². The molecule has 2 saturated heterocycles. The van der Waals surface area contributed by atoms with Crippen molar-refractivity contribution in [3.05, 3.63) is 72.9 Å². The molecule has 2 rings (SSSR count). The SMILES string of the molecule is CC/C=C\C/C=C\C/C=C\C/C=C\CCCCC(=O)NC(COC1OC(CO)C(OC2OC(CO)C(O)C(O)C2O)C(O)C1O)C(O)/C=C/CC/C=C/CCCCCCCCCCCCCCCCCC. The fourth-order valence-electron chi connectivity index (χ4n) is 8.65. The standard InChI is InChI=1S/C57H99NO13/c1-3-5-7-9-11-13-15-17-19-20-21-22-23-24-25-27-28-30-32-34-36-38-40-46(61)45(58-49(62)41-39-37-35-33-31-29-26-18-16-14-12-10-8-6-4-2)44-68-56-54(67)52(65)55(48(43-60)70-56)71-57-53(66)51(64)50(63)47(42-59)69-57/h6,8,12,14,18,26,30-33,38,40,45-48,50-57,59-61,63-67H,3-5,7,9-11,13,15-17,19-25,27-29,34-37,39,41-44H2,1-2H3,(H,58,62)/b8-6-,14-12-,26-18-,32-30+,33-31-,40-38+. The Hall–Kier alpha value is -2.57. The number of hydrogen-bond acceptors (Lipinski definition) is 13. The molecule has 12 atom stereocenters. The number of allylic oxidation sites excluding steroid dienone is 11. The van der Waals surface area contributed by atoms with E-state index in [1.54, 1.807) is 6.08 Å². The molecule has 12 unspecified atom stereocenters. The zero-order valence-electron chi connectivity index (χ0n) is 43.7. The van der Waals surface area contributed by atoms with E-state index in [1.807, 2.05) is 6.08 Å². The quantitative estimate of drug-likeness (QED) is 0.0207. The van der Waals surface area contributed by atoms with Gasteiger partial charge < -0.3 is 65.1 Å². The van der Waals surface area contributed by atoms with Crippen molar-refractivity contribution in [1.29, 1.82) is 0 Å². The highest BCUT2D eigenvalue weighted by molar-refractivity contribution is 5.76. The van der Waals surface area contributed by atoms with Gasteiger partial charge in [0.1, 0.15) is 48.8 Å². The summed E-state index contributed by atoms with van der Waals surface area (Å²) < 4.78 is 22.7. The Morgan fingerprint density at radius 3 is 1.55 bits per heavy atom. The fraction of sp³-hybridized carbons (Fsp3) is 0.772. The summed E-state index contributed by atoms with van der Waals surface area (Å²) in [5.74, 6) is -0.292. The number of carbonyl (C=O) groups is 1. The van der Waals surface area contributed by atoms with Crippen molar-refractivity contribution >= 4 is 5.91 Å². The minimum absolute atomic E-state index is 0.218. The second-order valence-electron chi connectivity index (χ2n) is 19.3. The van der Waals surface area contributed by atoms with Crippen LogP contribution in [0.1, 0.15) is 187 Å². The molecule has 2 aliphatic rings. The Bertz CT molecular complexity index is 1470. The maximum Gasteiger partial charge on any atom is 0.220 e. The van der Waals surface area contributed by atoms with Crippen LogP contribution in [-0.4, -0.2) is 140 Å². The number of rotatable bonds is 42. The molecule has 0 aromatic carbocycles. The fourth-order valence-corrected chi connectivity index (χ4v) is 8.65. The molecule has 2 aliphatic heterocycles. The van der Waals surface area contributed by atoms with Gasteiger partial charge in [-0.1, -0.05) is 183 Å². The summed E-state index contributed by atoms with van der Waals surface area (Å²) in [5, 5.41) is 86.8. The van der Waals surface area contributed by atoms with Crippen LogP contribution in [0.25, 0.3) is 0 Å². The van der Waals surface area contributed by atoms with Gasteiger partial charge in [0.15, 0.2) is 12.6 Å². The molecule has 1 amide bonds. The highest BCUT2D eigenvalue weighted by atomic mass is 16.7. The van der Waals surface area contributed by atoms with E-state index in [2.05, 4.69) is 79.9 Å². The topological polar surface area (TPSA) is 228 Å². The second-order valence-corrected chi connectivity index (χ2v) is 19.3. The third-order valence-electron chi connectivity index (χ3n) is 13.1. The number of carbonyl (C=O) groups excluding carboxylic acids is 1. The largest absolute Gasteiger partial charge is 0.394 e. The molecule has 0 aliphatic carbocycles. The van der Waals surface area contributed by atoms with E-state index in [9.17, 15) is 45.6 Å². The summed E-state index contributed by atoms with van der Waals surface area (Å²) in [4.78, 5) is 13.2. The maximum absolute atomic E-state index is 13.2. The van der Waals surface area contributed by atoms with Gasteiger partial charge in [-0.2, -0.15) is 0 Å². The highest BCUT2D eigenvalue weighted by Gasteiger charge is 2.51. The third-order valence-corrected chi connectivity index (χ3v) is 13.1. The van der Waals surface area contributed by atoms with Crippen LogP contribution in [0, 0.1) is 0 Å². The normalized spacial score (nSPS) is 26.3. The van der Waals surface area contributed by atoms with E-state index in [0.29, 0.717) is 12.8 Å². The first-order chi connectivity index (χ1) is 34.6. The van der Waals surface area contributed by atoms with Crippen molar-refractivity contribution in [2.45, 2.75) is 261 Å². The Morgan fingerprint density at radius 2 is 0.986 bits per heavy atom. The number of aliphatic hydroxyl groups excluding tert-OH is 8. The minimum Gasteiger partial charge on any atom is -0.394 e. The van der Waals surface area contributed by atoms with Crippen LogP contribution < -0.4 is 5.32 Å². The molecule has 2 heterocycles. The van der Waals surface area contributed by atoms with Crippen LogP contribution in [0.3, 0.4) is 0 Å². The lowest BCUT2D eigenvalue weighted by Crippen LogP contribution is -2.65. The molecule has 0 bridgehead atoms. The van der Waals surface area contributed by atoms with Crippen molar-refractivity contribution in [3.8, 4) is 0 Å². The molecule has 0 aromatic rings. The molecule has 410 valence electrons. The van der Waals surface area contributed by atoms with Gasteiger partial charge in [0.05, 0.1) is 32.0 Å². The lowest BCUT2D eigenvalue weighted by Gasteiger charge is -2.46. The van der Waals surface area contributed by atoms with Crippen LogP contribution in [0.5, 0.6) is 0 Å². The van der Waals surface area contributed by atoms with Crippen LogP contribution in [-0.2, 0) is 23.7 Å². The first kappa shape index (κ1) is 64.5. The minimum atomic E-state index is -1.80. The monoisotopic (exact) mass is 1010 g/mol. The van der Waals surface area contributed by atoms with E-state index in [-0.39, 0.29) is 18.9 Å². The van der Waals surface area contributed by atoms with Crippen LogP contribution in [0.4, 0.5) is 0 Å². The number of aliphatic hydroxyl groups is 8. The van der Waals surface area contributed by atoms with Crippen LogP contribution in [0.2, 0.25) is 0 Å². The average Bonchev–Trinajstić information content (AvgIpc) is 3.37. The third kappa shape index (κ3) is 29.2. The number of nitrogens with one attached hydrogen (secondary N) is 1. The number of hydrogen-bond donors (Lipinski definition) is 9. The first-order valence-corrected chi connectivity index (χ1v) is 27.7. The number of amides is 1. The molecule has 9 N–H and O–H groups in total. The molecular weight excluding hydrogens is 907 g/mol. The molecule has 2 fully saturated rings. The predicted octanol–water partition coefficient (Wildman–Crippen LogP) is 8.38. The van der Waals surface area contributed by atoms with Crippen molar-refractivity contribution in [1.82, 2.24) is 5.32 Å². The number of ether oxygens (including phenoxy) is 4. The second kappa shape index (κ2) is 42.8. The van der Waals surface area contributed by atoms with Crippen molar-refractivity contribution in [2.24, 2.45) is 0 Å². The molecule has 0 radical (unpaired) electrons. The molecule has 0 spiro atoms. The van der Waals surface area contributed by atoms with Crippen LogP contribution >= 0.6 is 0 Å². The van der Waals surface area contributed by atoms with Gasteiger partial charge in [0.25, 0.3) is 0 Å². The maximum atomic E-state index is 13.2. The molecule has 71 heavy (non-hydrogen) atoms. The van der Waals surface area contributed by atoms with E-state index in [4.69, 9.17) is 18.9 Å². The number of unbranched alkanes of at least 4 members (excludes halogenated alkanes) is 19. The zero-order valence-corrected chi connectivity index (χ0v) is 43.7. The van der Waals surface area contributed by atoms with E-state index in [0.717, 1.165) is 51.4 Å². The lowest BCUT2D eigenvalue weighted by molar-refractivity contribution is -0.359. The van der Waals surface area contributed by atoms with Gasteiger partial charge in [-0.05, 0) is 70.6 Å². The van der Waals surface area contributed by atoms with Crippen molar-refractivity contribution in [3.63, 3.8) is 0 Å². The Balaban J connectivity index is 1.83. The summed E-state index contributed by atoms with van der Waals surface area (Å²) in [5.41, 5.74) is 0. The molecular formula is C57H99NO13. The van der Waals surface area contributed by atoms with Crippen molar-refractivity contribution in [2.75, 3.05) is 19.8 Å². The highest BCUT2D eigenvalue weighted by Crippen LogP contribution is 2.30. The lowest BCUT2D eigenvalue weighted by atomic mass is 9.97.